The summed E-state index contributed by atoms with van der Waals surface area (Å²) in [6.45, 7) is 11.5. The maximum Gasteiger partial charge on any atom is 0.409 e. The third-order valence-corrected chi connectivity index (χ3v) is 4.80. The van der Waals surface area contributed by atoms with Gasteiger partial charge in [-0.15, -0.1) is 0 Å². The molecule has 0 aliphatic carbocycles. The number of hydrogen-bond donors (Lipinski definition) is 5. The first kappa shape index (κ1) is 22.5. The van der Waals surface area contributed by atoms with Gasteiger partial charge in [-0.3, -0.25) is 10.6 Å². The fraction of sp³-hybridized carbons (Fsp3) is 0.455. The van der Waals surface area contributed by atoms with Crippen molar-refractivity contribution in [2.24, 2.45) is 5.92 Å². The minimum absolute atomic E-state index is 0.334. The normalized spacial score (nSPS) is 17.7. The summed E-state index contributed by atoms with van der Waals surface area (Å²) in [7, 11) is 0. The summed E-state index contributed by atoms with van der Waals surface area (Å²) in [5.74, 6) is 0.862. The van der Waals surface area contributed by atoms with Gasteiger partial charge in [-0.2, -0.15) is 0 Å². The van der Waals surface area contributed by atoms with Crippen molar-refractivity contribution in [2.75, 3.05) is 10.6 Å². The first-order valence-electron chi connectivity index (χ1n) is 9.69. The Kier molecular flexibility index (Phi) is 6.74. The number of hydrogen-bond acceptors (Lipinski definition) is 3. The number of carboxylic acid groups (broad SMARTS) is 2. The molecule has 7 heteroatoms. The SMILES string of the molecule is CC1CC(C)(C)NC(C)(C)C1.O=C(O)Nc1cccc2c(NC(=O)O)cccc12. The summed E-state index contributed by atoms with van der Waals surface area (Å²) in [4.78, 5) is 21.3. The third-order valence-electron chi connectivity index (χ3n) is 4.80. The molecule has 0 unspecified atom stereocenters. The van der Waals surface area contributed by atoms with E-state index in [-0.39, 0.29) is 0 Å². The second kappa shape index (κ2) is 8.69. The van der Waals surface area contributed by atoms with Crippen LogP contribution in [0.25, 0.3) is 10.8 Å². The molecule has 1 heterocycles. The molecule has 5 N–H and O–H groups in total. The number of carbonyl (C=O) groups is 2. The first-order valence-corrected chi connectivity index (χ1v) is 9.69. The Morgan fingerprint density at radius 1 is 0.862 bits per heavy atom. The minimum atomic E-state index is -1.17. The highest BCUT2D eigenvalue weighted by molar-refractivity contribution is 6.07. The van der Waals surface area contributed by atoms with E-state index in [4.69, 9.17) is 10.2 Å². The van der Waals surface area contributed by atoms with Crippen LogP contribution >= 0.6 is 0 Å². The van der Waals surface area contributed by atoms with Crippen LogP contribution in [0.1, 0.15) is 47.5 Å². The largest absolute Gasteiger partial charge is 0.465 e. The number of piperidine rings is 1. The number of benzene rings is 2. The molecule has 158 valence electrons. The molecule has 1 aliphatic heterocycles. The van der Waals surface area contributed by atoms with Gasteiger partial charge in [0.15, 0.2) is 0 Å². The summed E-state index contributed by atoms with van der Waals surface area (Å²) in [5, 5.41) is 26.9. The van der Waals surface area contributed by atoms with Gasteiger partial charge in [-0.05, 0) is 58.6 Å². The average Bonchev–Trinajstić information content (AvgIpc) is 2.52. The van der Waals surface area contributed by atoms with E-state index in [9.17, 15) is 9.59 Å². The van der Waals surface area contributed by atoms with Gasteiger partial charge >= 0.3 is 12.2 Å². The minimum Gasteiger partial charge on any atom is -0.465 e. The van der Waals surface area contributed by atoms with Gasteiger partial charge in [0.2, 0.25) is 0 Å². The molecule has 2 aromatic rings. The smallest absolute Gasteiger partial charge is 0.409 e. The molecular weight excluding hydrogens is 370 g/mol. The topological polar surface area (TPSA) is 111 Å². The molecule has 1 aliphatic rings. The zero-order valence-electron chi connectivity index (χ0n) is 17.7. The van der Waals surface area contributed by atoms with Crippen molar-refractivity contribution in [2.45, 2.75) is 58.5 Å². The van der Waals surface area contributed by atoms with E-state index in [2.05, 4.69) is 50.6 Å². The van der Waals surface area contributed by atoms with Crippen LogP contribution in [0.5, 0.6) is 0 Å². The highest BCUT2D eigenvalue weighted by Crippen LogP contribution is 2.32. The van der Waals surface area contributed by atoms with Crippen LogP contribution in [-0.4, -0.2) is 33.5 Å². The average molecular weight is 402 g/mol. The van der Waals surface area contributed by atoms with Crippen LogP contribution in [-0.2, 0) is 0 Å². The third kappa shape index (κ3) is 6.64. The lowest BCUT2D eigenvalue weighted by Gasteiger charge is -2.45. The highest BCUT2D eigenvalue weighted by Gasteiger charge is 2.35. The summed E-state index contributed by atoms with van der Waals surface area (Å²) < 4.78 is 0. The Morgan fingerprint density at radius 2 is 1.24 bits per heavy atom. The van der Waals surface area contributed by atoms with Crippen molar-refractivity contribution >= 4 is 34.3 Å². The van der Waals surface area contributed by atoms with Gasteiger partial charge in [0, 0.05) is 21.9 Å². The van der Waals surface area contributed by atoms with E-state index in [0.29, 0.717) is 33.2 Å². The summed E-state index contributed by atoms with van der Waals surface area (Å²) in [5.41, 5.74) is 1.49. The first-order chi connectivity index (χ1) is 13.4. The molecule has 1 saturated heterocycles. The van der Waals surface area contributed by atoms with Crippen LogP contribution in [0, 0.1) is 5.92 Å². The Balaban J connectivity index is 0.000000234. The molecule has 1 fully saturated rings. The second-order valence-corrected chi connectivity index (χ2v) is 8.97. The standard InChI is InChI=1S/C12H10N2O4.C10H21N/c15-11(16)13-9-5-1-3-7-8(9)4-2-6-10(7)14-12(17)18;1-8-6-9(2,3)11-10(4,5)7-8/h1-6,13-14H,(H,15,16)(H,17,18);8,11H,6-7H2,1-5H3. The lowest BCUT2D eigenvalue weighted by atomic mass is 9.77. The highest BCUT2D eigenvalue weighted by atomic mass is 16.4. The van der Waals surface area contributed by atoms with E-state index in [1.54, 1.807) is 36.4 Å². The van der Waals surface area contributed by atoms with E-state index in [1.807, 2.05) is 0 Å². The van der Waals surface area contributed by atoms with Crippen molar-refractivity contribution in [3.8, 4) is 0 Å². The van der Waals surface area contributed by atoms with Crippen molar-refractivity contribution < 1.29 is 19.8 Å². The van der Waals surface area contributed by atoms with E-state index in [1.165, 1.54) is 12.8 Å². The molecule has 7 nitrogen and oxygen atoms in total. The van der Waals surface area contributed by atoms with Gasteiger partial charge < -0.3 is 15.5 Å². The molecule has 3 rings (SSSR count). The predicted octanol–water partition coefficient (Wildman–Crippen LogP) is 5.58. The van der Waals surface area contributed by atoms with Crippen LogP contribution < -0.4 is 16.0 Å². The maximum absolute atomic E-state index is 10.7. The van der Waals surface area contributed by atoms with Crippen molar-refractivity contribution in [1.82, 2.24) is 5.32 Å². The molecule has 0 spiro atoms. The number of anilines is 2. The Bertz CT molecular complexity index is 822. The molecule has 2 amide bonds. The maximum atomic E-state index is 10.7. The van der Waals surface area contributed by atoms with E-state index >= 15 is 0 Å². The van der Waals surface area contributed by atoms with Gasteiger partial charge in [-0.25, -0.2) is 9.59 Å². The van der Waals surface area contributed by atoms with Crippen LogP contribution in [0.3, 0.4) is 0 Å². The molecule has 0 atom stereocenters. The molecule has 2 aromatic carbocycles. The number of nitrogens with one attached hydrogen (secondary N) is 3. The van der Waals surface area contributed by atoms with Crippen LogP contribution in [0.4, 0.5) is 21.0 Å². The van der Waals surface area contributed by atoms with Gasteiger partial charge in [-0.1, -0.05) is 31.2 Å². The predicted molar refractivity (Wildman–Crippen MR) is 117 cm³/mol. The number of fused-ring (bicyclic) bond motifs is 1. The second-order valence-electron chi connectivity index (χ2n) is 8.97. The fourth-order valence-corrected chi connectivity index (χ4v) is 4.59. The van der Waals surface area contributed by atoms with Crippen LogP contribution in [0.15, 0.2) is 36.4 Å². The van der Waals surface area contributed by atoms with Gasteiger partial charge in [0.25, 0.3) is 0 Å². The molecule has 0 radical (unpaired) electrons. The van der Waals surface area contributed by atoms with Crippen molar-refractivity contribution in [3.05, 3.63) is 36.4 Å². The Morgan fingerprint density at radius 3 is 1.55 bits per heavy atom. The fourth-order valence-electron chi connectivity index (χ4n) is 4.59. The van der Waals surface area contributed by atoms with E-state index < -0.39 is 12.2 Å². The summed E-state index contributed by atoms with van der Waals surface area (Å²) in [6.07, 6.45) is 0.269. The summed E-state index contributed by atoms with van der Waals surface area (Å²) >= 11 is 0. The Hall–Kier alpha value is -2.80. The molecular formula is C22H31N3O4. The Labute approximate surface area is 171 Å². The lowest BCUT2D eigenvalue weighted by Crippen LogP contribution is -2.57. The number of amides is 2. The lowest BCUT2D eigenvalue weighted by molar-refractivity contribution is 0.138. The monoisotopic (exact) mass is 401 g/mol. The molecule has 29 heavy (non-hydrogen) atoms. The van der Waals surface area contributed by atoms with Crippen LogP contribution in [0.2, 0.25) is 0 Å². The quantitative estimate of drug-likeness (QED) is 0.451. The zero-order chi connectivity index (χ0) is 21.8. The van der Waals surface area contributed by atoms with Gasteiger partial charge in [0.05, 0.1) is 11.4 Å². The van der Waals surface area contributed by atoms with Crippen molar-refractivity contribution in [1.29, 1.82) is 0 Å². The zero-order valence-corrected chi connectivity index (χ0v) is 17.7. The van der Waals surface area contributed by atoms with E-state index in [0.717, 1.165) is 5.92 Å². The molecule has 0 aromatic heterocycles. The molecule has 0 saturated carbocycles. The number of rotatable bonds is 2. The molecule has 0 bridgehead atoms. The van der Waals surface area contributed by atoms with Crippen molar-refractivity contribution in [3.63, 3.8) is 0 Å². The summed E-state index contributed by atoms with van der Waals surface area (Å²) in [6, 6.07) is 9.96. The van der Waals surface area contributed by atoms with Gasteiger partial charge in [0.1, 0.15) is 0 Å².